The Morgan fingerprint density at radius 2 is 1.94 bits per heavy atom. The van der Waals surface area contributed by atoms with E-state index < -0.39 is 0 Å². The van der Waals surface area contributed by atoms with Crippen LogP contribution in [-0.2, 0) is 9.47 Å². The number of carbonyl (C=O) groups is 1. The fraction of sp³-hybridized carbons (Fsp3) is 0.909. The van der Waals surface area contributed by atoms with E-state index in [1.807, 2.05) is 13.8 Å². The highest BCUT2D eigenvalue weighted by molar-refractivity contribution is 5.73. The van der Waals surface area contributed by atoms with Gasteiger partial charge in [0, 0.05) is 26.1 Å². The van der Waals surface area contributed by atoms with E-state index in [4.69, 9.17) is 9.47 Å². The predicted octanol–water partition coefficient (Wildman–Crippen LogP) is 1.19. The zero-order valence-corrected chi connectivity index (χ0v) is 10.2. The number of nitrogens with one attached hydrogen (secondary N) is 1. The van der Waals surface area contributed by atoms with Gasteiger partial charge in [0.25, 0.3) is 0 Å². The minimum Gasteiger partial charge on any atom is -0.353 e. The molecule has 1 aliphatic heterocycles. The van der Waals surface area contributed by atoms with Crippen LogP contribution in [-0.4, -0.2) is 50.1 Å². The number of carbonyl (C=O) groups excluding carboxylic acids is 1. The summed E-state index contributed by atoms with van der Waals surface area (Å²) in [4.78, 5) is 13.3. The molecule has 1 N–H and O–H groups in total. The molecule has 0 spiro atoms. The van der Waals surface area contributed by atoms with Crippen LogP contribution in [0.5, 0.6) is 0 Å². The first-order chi connectivity index (χ1) is 7.77. The second kappa shape index (κ2) is 7.46. The van der Waals surface area contributed by atoms with Gasteiger partial charge in [0.05, 0.1) is 13.2 Å². The van der Waals surface area contributed by atoms with Crippen molar-refractivity contribution in [3.05, 3.63) is 0 Å². The van der Waals surface area contributed by atoms with Crippen LogP contribution in [0.3, 0.4) is 0 Å². The van der Waals surface area contributed by atoms with E-state index in [0.717, 1.165) is 32.7 Å². The Morgan fingerprint density at radius 3 is 2.50 bits per heavy atom. The lowest BCUT2D eigenvalue weighted by Gasteiger charge is -2.24. The minimum absolute atomic E-state index is 0.0131. The summed E-state index contributed by atoms with van der Waals surface area (Å²) < 4.78 is 10.8. The first-order valence-corrected chi connectivity index (χ1v) is 6.03. The zero-order chi connectivity index (χ0) is 11.8. The molecule has 2 amide bonds. The number of hydrogen-bond acceptors (Lipinski definition) is 3. The SMILES string of the molecule is CCN(CC)C(=O)NCCC1OCCCO1. The summed E-state index contributed by atoms with van der Waals surface area (Å²) in [6.07, 6.45) is 1.53. The molecule has 16 heavy (non-hydrogen) atoms. The largest absolute Gasteiger partial charge is 0.353 e. The van der Waals surface area contributed by atoms with Crippen LogP contribution in [0.2, 0.25) is 0 Å². The summed E-state index contributed by atoms with van der Waals surface area (Å²) in [5, 5.41) is 2.86. The summed E-state index contributed by atoms with van der Waals surface area (Å²) >= 11 is 0. The molecule has 94 valence electrons. The van der Waals surface area contributed by atoms with Crippen molar-refractivity contribution in [1.29, 1.82) is 0 Å². The smallest absolute Gasteiger partial charge is 0.317 e. The molecular weight excluding hydrogens is 208 g/mol. The highest BCUT2D eigenvalue weighted by atomic mass is 16.7. The molecule has 0 atom stereocenters. The van der Waals surface area contributed by atoms with Gasteiger partial charge >= 0.3 is 6.03 Å². The van der Waals surface area contributed by atoms with E-state index in [2.05, 4.69) is 5.32 Å². The number of rotatable bonds is 5. The molecule has 0 aliphatic carbocycles. The lowest BCUT2D eigenvalue weighted by atomic mass is 10.3. The Balaban J connectivity index is 2.11. The maximum absolute atomic E-state index is 11.6. The summed E-state index contributed by atoms with van der Waals surface area (Å²) in [5.74, 6) is 0. The number of nitrogens with zero attached hydrogens (tertiary/aromatic N) is 1. The first-order valence-electron chi connectivity index (χ1n) is 6.03. The maximum atomic E-state index is 11.6. The van der Waals surface area contributed by atoms with Crippen LogP contribution >= 0.6 is 0 Å². The van der Waals surface area contributed by atoms with Crippen molar-refractivity contribution >= 4 is 6.03 Å². The molecule has 1 aliphatic rings. The Morgan fingerprint density at radius 1 is 1.31 bits per heavy atom. The van der Waals surface area contributed by atoms with Crippen molar-refractivity contribution in [3.63, 3.8) is 0 Å². The molecular formula is C11H22N2O3. The van der Waals surface area contributed by atoms with Gasteiger partial charge in [0.15, 0.2) is 6.29 Å². The molecule has 1 heterocycles. The van der Waals surface area contributed by atoms with Crippen LogP contribution in [0.15, 0.2) is 0 Å². The van der Waals surface area contributed by atoms with Gasteiger partial charge in [0.2, 0.25) is 0 Å². The van der Waals surface area contributed by atoms with Gasteiger partial charge in [-0.3, -0.25) is 0 Å². The lowest BCUT2D eigenvalue weighted by molar-refractivity contribution is -0.180. The van der Waals surface area contributed by atoms with Crippen molar-refractivity contribution in [1.82, 2.24) is 10.2 Å². The van der Waals surface area contributed by atoms with Crippen LogP contribution in [0.1, 0.15) is 26.7 Å². The second-order valence-corrected chi connectivity index (χ2v) is 3.72. The van der Waals surface area contributed by atoms with Crippen molar-refractivity contribution < 1.29 is 14.3 Å². The molecule has 0 aromatic carbocycles. The standard InChI is InChI=1S/C11H22N2O3/c1-3-13(4-2)11(14)12-7-6-10-15-8-5-9-16-10/h10H,3-9H2,1-2H3,(H,12,14). The van der Waals surface area contributed by atoms with E-state index in [-0.39, 0.29) is 12.3 Å². The summed E-state index contributed by atoms with van der Waals surface area (Å²) in [6, 6.07) is -0.0131. The average Bonchev–Trinajstić information content (AvgIpc) is 2.32. The van der Waals surface area contributed by atoms with Gasteiger partial charge in [-0.25, -0.2) is 4.79 Å². The monoisotopic (exact) mass is 230 g/mol. The summed E-state index contributed by atoms with van der Waals surface area (Å²) in [5.41, 5.74) is 0. The van der Waals surface area contributed by atoms with Crippen LogP contribution in [0.25, 0.3) is 0 Å². The van der Waals surface area contributed by atoms with Crippen molar-refractivity contribution in [2.45, 2.75) is 33.0 Å². The third kappa shape index (κ3) is 4.37. The molecule has 5 heteroatoms. The van der Waals surface area contributed by atoms with Crippen molar-refractivity contribution in [2.75, 3.05) is 32.8 Å². The van der Waals surface area contributed by atoms with Crippen LogP contribution in [0.4, 0.5) is 4.79 Å². The number of amides is 2. The van der Waals surface area contributed by atoms with Gasteiger partial charge < -0.3 is 19.7 Å². The molecule has 0 unspecified atom stereocenters. The average molecular weight is 230 g/mol. The molecule has 0 saturated carbocycles. The Bertz CT molecular complexity index is 201. The molecule has 0 aromatic heterocycles. The Hall–Kier alpha value is -0.810. The number of ether oxygens (including phenoxy) is 2. The van der Waals surface area contributed by atoms with Crippen molar-refractivity contribution in [3.8, 4) is 0 Å². The third-order valence-corrected chi connectivity index (χ3v) is 2.60. The first kappa shape index (κ1) is 13.3. The molecule has 1 saturated heterocycles. The number of urea groups is 1. The zero-order valence-electron chi connectivity index (χ0n) is 10.2. The fourth-order valence-electron chi connectivity index (χ4n) is 1.62. The third-order valence-electron chi connectivity index (χ3n) is 2.60. The maximum Gasteiger partial charge on any atom is 0.317 e. The highest BCUT2D eigenvalue weighted by Gasteiger charge is 2.14. The summed E-state index contributed by atoms with van der Waals surface area (Å²) in [7, 11) is 0. The van der Waals surface area contributed by atoms with Gasteiger partial charge in [-0.2, -0.15) is 0 Å². The van der Waals surface area contributed by atoms with Gasteiger partial charge in [0.1, 0.15) is 0 Å². The quantitative estimate of drug-likeness (QED) is 0.772. The van der Waals surface area contributed by atoms with E-state index in [0.29, 0.717) is 13.0 Å². The van der Waals surface area contributed by atoms with Crippen LogP contribution in [0, 0.1) is 0 Å². The molecule has 0 radical (unpaired) electrons. The van der Waals surface area contributed by atoms with E-state index in [9.17, 15) is 4.79 Å². The van der Waals surface area contributed by atoms with Crippen LogP contribution < -0.4 is 5.32 Å². The molecule has 1 rings (SSSR count). The Kier molecular flexibility index (Phi) is 6.18. The molecule has 5 nitrogen and oxygen atoms in total. The number of hydrogen-bond donors (Lipinski definition) is 1. The topological polar surface area (TPSA) is 50.8 Å². The van der Waals surface area contributed by atoms with Gasteiger partial charge in [-0.1, -0.05) is 0 Å². The lowest BCUT2D eigenvalue weighted by Crippen LogP contribution is -2.41. The molecule has 0 bridgehead atoms. The van der Waals surface area contributed by atoms with Gasteiger partial charge in [-0.05, 0) is 20.3 Å². The van der Waals surface area contributed by atoms with Crippen molar-refractivity contribution in [2.24, 2.45) is 0 Å². The normalized spacial score (nSPS) is 17.1. The predicted molar refractivity (Wildman–Crippen MR) is 61.2 cm³/mol. The highest BCUT2D eigenvalue weighted by Crippen LogP contribution is 2.07. The molecule has 1 fully saturated rings. The fourth-order valence-corrected chi connectivity index (χ4v) is 1.62. The van der Waals surface area contributed by atoms with E-state index in [1.54, 1.807) is 4.90 Å². The van der Waals surface area contributed by atoms with E-state index in [1.165, 1.54) is 0 Å². The minimum atomic E-state index is -0.147. The Labute approximate surface area is 97.1 Å². The van der Waals surface area contributed by atoms with E-state index >= 15 is 0 Å². The summed E-state index contributed by atoms with van der Waals surface area (Å²) in [6.45, 7) is 7.52. The second-order valence-electron chi connectivity index (χ2n) is 3.72. The van der Waals surface area contributed by atoms with Gasteiger partial charge in [-0.15, -0.1) is 0 Å². The molecule has 0 aromatic rings.